The van der Waals surface area contributed by atoms with E-state index in [9.17, 15) is 18.0 Å². The Kier molecular flexibility index (Phi) is 6.53. The van der Waals surface area contributed by atoms with E-state index in [1.165, 1.54) is 18.3 Å². The number of aryl methyl sites for hydroxylation is 1. The van der Waals surface area contributed by atoms with Crippen LogP contribution < -0.4 is 10.0 Å². The molecule has 0 spiro atoms. The third-order valence-corrected chi connectivity index (χ3v) is 6.47. The van der Waals surface area contributed by atoms with Crippen LogP contribution in [0.3, 0.4) is 0 Å². The summed E-state index contributed by atoms with van der Waals surface area (Å²) in [6, 6.07) is 13.1. The third kappa shape index (κ3) is 5.45. The molecule has 0 saturated carbocycles. The number of carbonyl (C=O) groups excluding carboxylic acids is 1. The number of nitrogens with one attached hydrogen (secondary N) is 2. The van der Waals surface area contributed by atoms with Crippen molar-refractivity contribution in [1.29, 1.82) is 0 Å². The van der Waals surface area contributed by atoms with Crippen molar-refractivity contribution in [2.45, 2.75) is 23.5 Å². The maximum absolute atomic E-state index is 12.6. The lowest BCUT2D eigenvalue weighted by atomic mass is 10.2. The number of thioether (sulfide) groups is 1. The summed E-state index contributed by atoms with van der Waals surface area (Å²) in [6.07, 6.45) is 1.03. The van der Waals surface area contributed by atoms with E-state index in [0.717, 1.165) is 17.3 Å². The van der Waals surface area contributed by atoms with Crippen molar-refractivity contribution in [3.63, 3.8) is 0 Å². The molecule has 0 bridgehead atoms. The van der Waals surface area contributed by atoms with Gasteiger partial charge in [0.2, 0.25) is 5.91 Å². The molecule has 156 valence electrons. The highest BCUT2D eigenvalue weighted by Crippen LogP contribution is 2.23. The molecule has 1 heterocycles. The molecule has 11 heteroatoms. The number of hydrogen-bond donors (Lipinski definition) is 3. The number of amidine groups is 1. The van der Waals surface area contributed by atoms with E-state index in [2.05, 4.69) is 20.2 Å². The number of rotatable bonds is 7. The number of para-hydroxylation sites is 1. The van der Waals surface area contributed by atoms with Crippen LogP contribution in [-0.2, 0) is 19.6 Å². The molecule has 1 aliphatic rings. The monoisotopic (exact) mass is 446 g/mol. The number of sulfonamides is 1. The fourth-order valence-electron chi connectivity index (χ4n) is 2.51. The van der Waals surface area contributed by atoms with Crippen LogP contribution in [-0.4, -0.2) is 42.0 Å². The Balaban J connectivity index is 1.75. The predicted molar refractivity (Wildman–Crippen MR) is 115 cm³/mol. The van der Waals surface area contributed by atoms with Crippen LogP contribution in [0.5, 0.6) is 0 Å². The van der Waals surface area contributed by atoms with Crippen LogP contribution in [0, 0.1) is 6.92 Å². The van der Waals surface area contributed by atoms with Crippen molar-refractivity contribution in [1.82, 2.24) is 5.32 Å². The second-order valence-electron chi connectivity index (χ2n) is 6.35. The maximum Gasteiger partial charge on any atom is 0.305 e. The number of amides is 1. The zero-order valence-corrected chi connectivity index (χ0v) is 17.4. The van der Waals surface area contributed by atoms with Crippen LogP contribution in [0.2, 0.25) is 0 Å². The van der Waals surface area contributed by atoms with Gasteiger partial charge in [0.25, 0.3) is 10.0 Å². The van der Waals surface area contributed by atoms with Crippen molar-refractivity contribution in [3.05, 3.63) is 59.7 Å². The molecule has 1 unspecified atom stereocenters. The molecular weight excluding hydrogens is 428 g/mol. The van der Waals surface area contributed by atoms with E-state index in [1.807, 2.05) is 6.92 Å². The van der Waals surface area contributed by atoms with Gasteiger partial charge in [-0.25, -0.2) is 8.42 Å². The number of benzene rings is 2. The van der Waals surface area contributed by atoms with Crippen LogP contribution in [0.1, 0.15) is 17.5 Å². The van der Waals surface area contributed by atoms with Crippen molar-refractivity contribution in [2.24, 2.45) is 10.2 Å². The third-order valence-electron chi connectivity index (χ3n) is 4.02. The molecule has 1 saturated heterocycles. The second kappa shape index (κ2) is 9.09. The molecule has 0 aromatic heterocycles. The molecule has 1 amide bonds. The van der Waals surface area contributed by atoms with Crippen LogP contribution >= 0.6 is 11.8 Å². The summed E-state index contributed by atoms with van der Waals surface area (Å²) >= 11 is 0.978. The number of carboxylic acid groups (broad SMARTS) is 1. The standard InChI is InChI=1S/C19H18N4O5S2/c1-12-6-8-14(9-7-12)30(27,28)23-15-5-3-2-4-13(15)11-20-22-19-21-18(26)16(29-19)10-17(24)25/h2-9,11,16,23H,10H2,1H3,(H,24,25)(H,21,22,26). The average Bonchev–Trinajstić information content (AvgIpc) is 3.02. The van der Waals surface area contributed by atoms with Gasteiger partial charge in [0.1, 0.15) is 5.25 Å². The summed E-state index contributed by atoms with van der Waals surface area (Å²) in [5.74, 6) is -1.52. The minimum absolute atomic E-state index is 0.134. The molecule has 3 N–H and O–H groups in total. The molecule has 1 atom stereocenters. The first-order valence-electron chi connectivity index (χ1n) is 8.73. The Morgan fingerprint density at radius 2 is 1.93 bits per heavy atom. The van der Waals surface area contributed by atoms with E-state index in [-0.39, 0.29) is 16.5 Å². The first-order chi connectivity index (χ1) is 14.2. The van der Waals surface area contributed by atoms with Gasteiger partial charge in [0.05, 0.1) is 23.2 Å². The van der Waals surface area contributed by atoms with E-state index in [4.69, 9.17) is 5.11 Å². The first-order valence-corrected chi connectivity index (χ1v) is 11.1. The van der Waals surface area contributed by atoms with Gasteiger partial charge >= 0.3 is 5.97 Å². The van der Waals surface area contributed by atoms with Crippen LogP contribution in [0.15, 0.2) is 63.6 Å². The van der Waals surface area contributed by atoms with Gasteiger partial charge in [0, 0.05) is 5.56 Å². The molecular formula is C19H18N4O5S2. The van der Waals surface area contributed by atoms with Gasteiger partial charge in [-0.2, -0.15) is 5.10 Å². The molecule has 9 nitrogen and oxygen atoms in total. The normalized spacial score (nSPS) is 18.0. The largest absolute Gasteiger partial charge is 0.481 e. The van der Waals surface area contributed by atoms with Crippen molar-refractivity contribution >= 4 is 50.7 Å². The predicted octanol–water partition coefficient (Wildman–Crippen LogP) is 2.19. The fourth-order valence-corrected chi connectivity index (χ4v) is 4.52. The zero-order valence-electron chi connectivity index (χ0n) is 15.8. The number of anilines is 1. The van der Waals surface area contributed by atoms with E-state index >= 15 is 0 Å². The lowest BCUT2D eigenvalue weighted by Gasteiger charge is -2.10. The van der Waals surface area contributed by atoms with Gasteiger partial charge in [-0.15, -0.1) is 5.10 Å². The Bertz CT molecular complexity index is 1130. The Labute approximate surface area is 177 Å². The van der Waals surface area contributed by atoms with Gasteiger partial charge in [-0.05, 0) is 25.1 Å². The van der Waals surface area contributed by atoms with Crippen LogP contribution in [0.4, 0.5) is 5.69 Å². The molecule has 0 radical (unpaired) electrons. The summed E-state index contributed by atoms with van der Waals surface area (Å²) < 4.78 is 27.8. The SMILES string of the molecule is Cc1ccc(S(=O)(=O)Nc2ccccc2C=NN=C2NC(=O)C(CC(=O)O)S2)cc1. The van der Waals surface area contributed by atoms with Crippen molar-refractivity contribution < 1.29 is 23.1 Å². The summed E-state index contributed by atoms with van der Waals surface area (Å²) in [7, 11) is -3.78. The van der Waals surface area contributed by atoms with E-state index in [1.54, 1.807) is 36.4 Å². The van der Waals surface area contributed by atoms with E-state index in [0.29, 0.717) is 11.3 Å². The smallest absolute Gasteiger partial charge is 0.305 e. The Hall–Kier alpha value is -3.18. The molecule has 3 rings (SSSR count). The number of aliphatic carboxylic acids is 1. The van der Waals surface area contributed by atoms with Gasteiger partial charge in [-0.3, -0.25) is 14.3 Å². The van der Waals surface area contributed by atoms with Gasteiger partial charge in [-0.1, -0.05) is 47.7 Å². The maximum atomic E-state index is 12.6. The van der Waals surface area contributed by atoms with Crippen LogP contribution in [0.25, 0.3) is 0 Å². The molecule has 2 aromatic rings. The highest BCUT2D eigenvalue weighted by atomic mass is 32.2. The first kappa shape index (κ1) is 21.5. The minimum atomic E-state index is -3.78. The Morgan fingerprint density at radius 1 is 1.23 bits per heavy atom. The molecule has 1 aliphatic heterocycles. The number of hydrogen-bond acceptors (Lipinski definition) is 7. The number of carboxylic acids is 1. The molecule has 0 aliphatic carbocycles. The van der Waals surface area contributed by atoms with Crippen molar-refractivity contribution in [3.8, 4) is 0 Å². The molecule has 30 heavy (non-hydrogen) atoms. The highest BCUT2D eigenvalue weighted by Gasteiger charge is 2.32. The summed E-state index contributed by atoms with van der Waals surface area (Å²) in [6.45, 7) is 1.87. The zero-order chi connectivity index (χ0) is 21.7. The topological polar surface area (TPSA) is 137 Å². The molecule has 1 fully saturated rings. The Morgan fingerprint density at radius 3 is 2.63 bits per heavy atom. The van der Waals surface area contributed by atoms with Gasteiger partial charge < -0.3 is 10.4 Å². The fraction of sp³-hybridized carbons (Fsp3) is 0.158. The number of nitrogens with zero attached hydrogens (tertiary/aromatic N) is 2. The summed E-state index contributed by atoms with van der Waals surface area (Å²) in [5, 5.41) is 18.5. The van der Waals surface area contributed by atoms with Crippen molar-refractivity contribution in [2.75, 3.05) is 4.72 Å². The lowest BCUT2D eigenvalue weighted by Crippen LogP contribution is -2.26. The quantitative estimate of drug-likeness (QED) is 0.440. The summed E-state index contributed by atoms with van der Waals surface area (Å²) in [4.78, 5) is 22.6. The molecule has 2 aromatic carbocycles. The summed E-state index contributed by atoms with van der Waals surface area (Å²) in [5.41, 5.74) is 1.73. The number of carbonyl (C=O) groups is 2. The van der Waals surface area contributed by atoms with Gasteiger partial charge in [0.15, 0.2) is 5.17 Å². The lowest BCUT2D eigenvalue weighted by molar-refractivity contribution is -0.138. The van der Waals surface area contributed by atoms with E-state index < -0.39 is 27.1 Å². The highest BCUT2D eigenvalue weighted by molar-refractivity contribution is 8.15. The minimum Gasteiger partial charge on any atom is -0.481 e. The average molecular weight is 447 g/mol. The second-order valence-corrected chi connectivity index (χ2v) is 9.22.